The first kappa shape index (κ1) is 15.3. The van der Waals surface area contributed by atoms with Crippen molar-refractivity contribution in [2.75, 3.05) is 33.7 Å². The molecule has 1 saturated heterocycles. The predicted molar refractivity (Wildman–Crippen MR) is 80.3 cm³/mol. The summed E-state index contributed by atoms with van der Waals surface area (Å²) in [5, 5.41) is 10.3. The molecule has 1 N–H and O–H groups in total. The Hall–Kier alpha value is -0.120. The number of rotatable bonds is 4. The molecule has 0 bridgehead atoms. The molecule has 2 fully saturated rings. The van der Waals surface area contributed by atoms with Gasteiger partial charge in [-0.05, 0) is 71.1 Å². The summed E-state index contributed by atoms with van der Waals surface area (Å²) in [6.07, 6.45) is 7.27. The number of hydrogen-bond donors (Lipinski definition) is 1. The molecule has 1 aliphatic carbocycles. The SMILES string of the molecule is CCC1CCC(O)C(N2CCC(CN(C)C)CC2)C1. The van der Waals surface area contributed by atoms with Crippen molar-refractivity contribution in [1.82, 2.24) is 9.80 Å². The second kappa shape index (κ2) is 7.05. The summed E-state index contributed by atoms with van der Waals surface area (Å²) in [6.45, 7) is 5.90. The topological polar surface area (TPSA) is 26.7 Å². The van der Waals surface area contributed by atoms with Gasteiger partial charge in [0.25, 0.3) is 0 Å². The Bertz CT molecular complexity index is 261. The Morgan fingerprint density at radius 3 is 2.32 bits per heavy atom. The fourth-order valence-corrected chi connectivity index (χ4v) is 3.96. The summed E-state index contributed by atoms with van der Waals surface area (Å²) in [4.78, 5) is 4.89. The number of piperidine rings is 1. The summed E-state index contributed by atoms with van der Waals surface area (Å²) in [7, 11) is 4.34. The molecule has 0 amide bonds. The van der Waals surface area contributed by atoms with Gasteiger partial charge >= 0.3 is 0 Å². The normalized spacial score (nSPS) is 34.9. The fourth-order valence-electron chi connectivity index (χ4n) is 3.96. The third-order valence-electron chi connectivity index (χ3n) is 5.21. The Labute approximate surface area is 119 Å². The molecular formula is C16H32N2O. The molecule has 3 atom stereocenters. The molecular weight excluding hydrogens is 236 g/mol. The minimum absolute atomic E-state index is 0.0757. The predicted octanol–water partition coefficient (Wildman–Crippen LogP) is 2.20. The van der Waals surface area contributed by atoms with E-state index in [0.29, 0.717) is 6.04 Å². The lowest BCUT2D eigenvalue weighted by Crippen LogP contribution is -2.50. The third-order valence-corrected chi connectivity index (χ3v) is 5.21. The summed E-state index contributed by atoms with van der Waals surface area (Å²) in [5.74, 6) is 1.70. The molecule has 1 heterocycles. The van der Waals surface area contributed by atoms with Gasteiger partial charge < -0.3 is 10.0 Å². The van der Waals surface area contributed by atoms with Crippen molar-refractivity contribution in [3.05, 3.63) is 0 Å². The fraction of sp³-hybridized carbons (Fsp3) is 1.00. The van der Waals surface area contributed by atoms with Crippen LogP contribution in [0.4, 0.5) is 0 Å². The van der Waals surface area contributed by atoms with Gasteiger partial charge in [0.15, 0.2) is 0 Å². The van der Waals surface area contributed by atoms with Gasteiger partial charge in [-0.25, -0.2) is 0 Å². The first-order valence-corrected chi connectivity index (χ1v) is 8.17. The first-order chi connectivity index (χ1) is 9.10. The summed E-state index contributed by atoms with van der Waals surface area (Å²) in [5.41, 5.74) is 0. The van der Waals surface area contributed by atoms with Gasteiger partial charge in [0, 0.05) is 12.6 Å². The molecule has 0 radical (unpaired) electrons. The highest BCUT2D eigenvalue weighted by atomic mass is 16.3. The van der Waals surface area contributed by atoms with Crippen LogP contribution in [-0.4, -0.2) is 60.8 Å². The van der Waals surface area contributed by atoms with E-state index in [0.717, 1.165) is 18.3 Å². The maximum Gasteiger partial charge on any atom is 0.0695 e. The lowest BCUT2D eigenvalue weighted by molar-refractivity contribution is -0.0127. The molecule has 0 spiro atoms. The maximum atomic E-state index is 10.3. The standard InChI is InChI=1S/C16H32N2O/c1-4-13-5-6-16(19)15(11-13)18-9-7-14(8-10-18)12-17(2)3/h13-16,19H,4-12H2,1-3H3. The molecule has 0 aromatic heterocycles. The third kappa shape index (κ3) is 4.17. The van der Waals surface area contributed by atoms with Crippen LogP contribution < -0.4 is 0 Å². The zero-order valence-electron chi connectivity index (χ0n) is 13.0. The minimum atomic E-state index is -0.0757. The zero-order chi connectivity index (χ0) is 13.8. The van der Waals surface area contributed by atoms with Crippen LogP contribution in [0.5, 0.6) is 0 Å². The Morgan fingerprint density at radius 2 is 1.74 bits per heavy atom. The molecule has 19 heavy (non-hydrogen) atoms. The molecule has 112 valence electrons. The second-order valence-corrected chi connectivity index (χ2v) is 6.96. The van der Waals surface area contributed by atoms with E-state index in [1.54, 1.807) is 0 Å². The van der Waals surface area contributed by atoms with E-state index in [9.17, 15) is 5.11 Å². The highest BCUT2D eigenvalue weighted by molar-refractivity contribution is 4.88. The van der Waals surface area contributed by atoms with Crippen molar-refractivity contribution in [3.8, 4) is 0 Å². The number of aliphatic hydroxyl groups excluding tert-OH is 1. The van der Waals surface area contributed by atoms with Gasteiger partial charge in [0.2, 0.25) is 0 Å². The van der Waals surface area contributed by atoms with Crippen LogP contribution in [0.3, 0.4) is 0 Å². The molecule has 0 aromatic carbocycles. The lowest BCUT2D eigenvalue weighted by Gasteiger charge is -2.44. The molecule has 1 saturated carbocycles. The average Bonchev–Trinajstić information content (AvgIpc) is 2.40. The van der Waals surface area contributed by atoms with E-state index >= 15 is 0 Å². The minimum Gasteiger partial charge on any atom is -0.391 e. The zero-order valence-corrected chi connectivity index (χ0v) is 13.0. The molecule has 1 aliphatic heterocycles. The second-order valence-electron chi connectivity index (χ2n) is 6.96. The van der Waals surface area contributed by atoms with E-state index < -0.39 is 0 Å². The van der Waals surface area contributed by atoms with Gasteiger partial charge in [-0.3, -0.25) is 4.90 Å². The lowest BCUT2D eigenvalue weighted by atomic mass is 9.80. The van der Waals surface area contributed by atoms with Gasteiger partial charge in [0.05, 0.1) is 6.10 Å². The monoisotopic (exact) mass is 268 g/mol. The van der Waals surface area contributed by atoms with Crippen LogP contribution >= 0.6 is 0 Å². The van der Waals surface area contributed by atoms with E-state index in [4.69, 9.17) is 0 Å². The molecule has 3 nitrogen and oxygen atoms in total. The smallest absolute Gasteiger partial charge is 0.0695 e. The van der Waals surface area contributed by atoms with Gasteiger partial charge in [-0.15, -0.1) is 0 Å². The van der Waals surface area contributed by atoms with E-state index in [-0.39, 0.29) is 6.10 Å². The Morgan fingerprint density at radius 1 is 1.05 bits per heavy atom. The summed E-state index contributed by atoms with van der Waals surface area (Å²) < 4.78 is 0. The summed E-state index contributed by atoms with van der Waals surface area (Å²) >= 11 is 0. The van der Waals surface area contributed by atoms with Crippen molar-refractivity contribution in [1.29, 1.82) is 0 Å². The quantitative estimate of drug-likeness (QED) is 0.847. The maximum absolute atomic E-state index is 10.3. The Kier molecular flexibility index (Phi) is 5.67. The van der Waals surface area contributed by atoms with Crippen molar-refractivity contribution in [2.24, 2.45) is 11.8 Å². The largest absolute Gasteiger partial charge is 0.391 e. The van der Waals surface area contributed by atoms with Gasteiger partial charge in [0.1, 0.15) is 0 Å². The molecule has 3 unspecified atom stereocenters. The number of hydrogen-bond acceptors (Lipinski definition) is 3. The van der Waals surface area contributed by atoms with Crippen LogP contribution in [0.2, 0.25) is 0 Å². The Balaban J connectivity index is 1.82. The van der Waals surface area contributed by atoms with Crippen molar-refractivity contribution in [2.45, 2.75) is 57.6 Å². The van der Waals surface area contributed by atoms with E-state index in [1.807, 2.05) is 0 Å². The van der Waals surface area contributed by atoms with Crippen LogP contribution in [0, 0.1) is 11.8 Å². The molecule has 0 aromatic rings. The van der Waals surface area contributed by atoms with Crippen LogP contribution in [0.15, 0.2) is 0 Å². The van der Waals surface area contributed by atoms with Crippen molar-refractivity contribution >= 4 is 0 Å². The van der Waals surface area contributed by atoms with E-state index in [1.165, 1.54) is 51.7 Å². The van der Waals surface area contributed by atoms with Crippen molar-refractivity contribution in [3.63, 3.8) is 0 Å². The average molecular weight is 268 g/mol. The number of nitrogens with zero attached hydrogens (tertiary/aromatic N) is 2. The van der Waals surface area contributed by atoms with E-state index in [2.05, 4.69) is 30.8 Å². The van der Waals surface area contributed by atoms with Gasteiger partial charge in [-0.2, -0.15) is 0 Å². The van der Waals surface area contributed by atoms with Crippen molar-refractivity contribution < 1.29 is 5.11 Å². The first-order valence-electron chi connectivity index (χ1n) is 8.17. The molecule has 2 aliphatic rings. The number of aliphatic hydroxyl groups is 1. The van der Waals surface area contributed by atoms with Crippen LogP contribution in [0.25, 0.3) is 0 Å². The molecule has 2 rings (SSSR count). The highest BCUT2D eigenvalue weighted by Gasteiger charge is 2.34. The number of likely N-dealkylation sites (tertiary alicyclic amines) is 1. The summed E-state index contributed by atoms with van der Waals surface area (Å²) in [6, 6.07) is 0.444. The van der Waals surface area contributed by atoms with Crippen LogP contribution in [0.1, 0.15) is 45.4 Å². The van der Waals surface area contributed by atoms with Gasteiger partial charge in [-0.1, -0.05) is 13.3 Å². The highest BCUT2D eigenvalue weighted by Crippen LogP contribution is 2.32. The van der Waals surface area contributed by atoms with Crippen LogP contribution in [-0.2, 0) is 0 Å². The molecule has 3 heteroatoms.